The summed E-state index contributed by atoms with van der Waals surface area (Å²) in [4.78, 5) is 0. The van der Waals surface area contributed by atoms with E-state index >= 15 is 0 Å². The van der Waals surface area contributed by atoms with Gasteiger partial charge in [-0.05, 0) is 39.3 Å². The Labute approximate surface area is 150 Å². The van der Waals surface area contributed by atoms with Gasteiger partial charge in [0.15, 0.2) is 0 Å². The van der Waals surface area contributed by atoms with E-state index in [0.717, 1.165) is 51.9 Å². The standard InChI is InChI=1S/C17H34N6O2/c1-11-5-8-24-17-13(10-20-23(17)2)16-19-7-4-14(22-16)21-15-9-12(25-11)3-6-18-15/h11-22H,3-10H2,1-2H3/t11-,12?,13?,14?,15?,16?,17?/m0/s1. The van der Waals surface area contributed by atoms with Crippen molar-refractivity contribution in [2.24, 2.45) is 5.92 Å². The minimum absolute atomic E-state index is 0.0801. The van der Waals surface area contributed by atoms with Gasteiger partial charge in [-0.2, -0.15) is 0 Å². The molecule has 7 atom stereocenters. The number of hydrazine groups is 1. The van der Waals surface area contributed by atoms with Crippen LogP contribution in [0.25, 0.3) is 0 Å². The molecule has 8 nitrogen and oxygen atoms in total. The van der Waals surface area contributed by atoms with Gasteiger partial charge in [-0.15, -0.1) is 0 Å². The summed E-state index contributed by atoms with van der Waals surface area (Å²) in [6, 6.07) is 0. The molecule has 0 amide bonds. The molecule has 6 unspecified atom stereocenters. The number of hydrogen-bond acceptors (Lipinski definition) is 8. The second-order valence-corrected chi connectivity index (χ2v) is 7.89. The van der Waals surface area contributed by atoms with Gasteiger partial charge in [-0.25, -0.2) is 5.01 Å². The average molecular weight is 354 g/mol. The minimum Gasteiger partial charge on any atom is -0.375 e. The first kappa shape index (κ1) is 18.1. The van der Waals surface area contributed by atoms with Gasteiger partial charge in [0.05, 0.1) is 37.3 Å². The van der Waals surface area contributed by atoms with E-state index in [4.69, 9.17) is 9.47 Å². The minimum atomic E-state index is 0.0801. The third kappa shape index (κ3) is 4.33. The second-order valence-electron chi connectivity index (χ2n) is 7.89. The first-order chi connectivity index (χ1) is 12.2. The Bertz CT molecular complexity index is 441. The summed E-state index contributed by atoms with van der Waals surface area (Å²) in [5.74, 6) is 0.376. The van der Waals surface area contributed by atoms with Crippen LogP contribution in [0, 0.1) is 5.92 Å². The van der Waals surface area contributed by atoms with Gasteiger partial charge in [-0.3, -0.25) is 16.1 Å². The average Bonchev–Trinajstić information content (AvgIpc) is 2.96. The predicted octanol–water partition coefficient (Wildman–Crippen LogP) is -0.893. The molecule has 4 aliphatic rings. The molecule has 0 saturated carbocycles. The van der Waals surface area contributed by atoms with Crippen LogP contribution in [0.2, 0.25) is 0 Å². The fourth-order valence-corrected chi connectivity index (χ4v) is 4.52. The van der Waals surface area contributed by atoms with Crippen molar-refractivity contribution in [3.63, 3.8) is 0 Å². The van der Waals surface area contributed by atoms with E-state index in [1.54, 1.807) is 0 Å². The molecule has 5 N–H and O–H groups in total. The van der Waals surface area contributed by atoms with Gasteiger partial charge in [0.2, 0.25) is 0 Å². The zero-order valence-corrected chi connectivity index (χ0v) is 15.5. The second kappa shape index (κ2) is 8.14. The molecule has 0 aromatic rings. The van der Waals surface area contributed by atoms with Crippen molar-refractivity contribution in [3.8, 4) is 0 Å². The van der Waals surface area contributed by atoms with E-state index in [0.29, 0.717) is 24.4 Å². The summed E-state index contributed by atoms with van der Waals surface area (Å²) in [5.41, 5.74) is 3.43. The maximum Gasteiger partial charge on any atom is 0.129 e. The lowest BCUT2D eigenvalue weighted by Crippen LogP contribution is -2.66. The van der Waals surface area contributed by atoms with Crippen LogP contribution in [0.4, 0.5) is 0 Å². The Hall–Kier alpha value is -0.320. The van der Waals surface area contributed by atoms with Gasteiger partial charge >= 0.3 is 0 Å². The molecular formula is C17H34N6O2. The van der Waals surface area contributed by atoms with Gasteiger partial charge in [0.1, 0.15) is 6.23 Å². The van der Waals surface area contributed by atoms with Crippen molar-refractivity contribution in [3.05, 3.63) is 0 Å². The maximum absolute atomic E-state index is 6.29. The summed E-state index contributed by atoms with van der Waals surface area (Å²) in [5, 5.41) is 16.9. The molecule has 4 bridgehead atoms. The molecule has 25 heavy (non-hydrogen) atoms. The number of nitrogens with one attached hydrogen (secondary N) is 5. The predicted molar refractivity (Wildman–Crippen MR) is 95.4 cm³/mol. The van der Waals surface area contributed by atoms with E-state index < -0.39 is 0 Å². The third-order valence-corrected chi connectivity index (χ3v) is 5.93. The Kier molecular flexibility index (Phi) is 5.88. The normalized spacial score (nSPS) is 47.0. The molecule has 0 spiro atoms. The van der Waals surface area contributed by atoms with Crippen LogP contribution in [0.5, 0.6) is 0 Å². The smallest absolute Gasteiger partial charge is 0.129 e. The number of piperidine rings is 1. The quantitative estimate of drug-likeness (QED) is 0.383. The van der Waals surface area contributed by atoms with Crippen LogP contribution in [-0.2, 0) is 9.47 Å². The first-order valence-electron chi connectivity index (χ1n) is 9.91. The summed E-state index contributed by atoms with van der Waals surface area (Å²) in [7, 11) is 2.07. The number of rotatable bonds is 0. The van der Waals surface area contributed by atoms with E-state index in [2.05, 4.69) is 45.7 Å². The fraction of sp³-hybridized carbons (Fsp3) is 1.00. The summed E-state index contributed by atoms with van der Waals surface area (Å²) in [6.07, 6.45) is 5.67. The largest absolute Gasteiger partial charge is 0.375 e. The first-order valence-corrected chi connectivity index (χ1v) is 9.91. The maximum atomic E-state index is 6.29. The zero-order chi connectivity index (χ0) is 17.2. The lowest BCUT2D eigenvalue weighted by atomic mass is 10.0. The van der Waals surface area contributed by atoms with Crippen LogP contribution in [0.3, 0.4) is 0 Å². The van der Waals surface area contributed by atoms with Crippen LogP contribution >= 0.6 is 0 Å². The van der Waals surface area contributed by atoms with Crippen LogP contribution in [0.15, 0.2) is 0 Å². The van der Waals surface area contributed by atoms with Crippen LogP contribution < -0.4 is 26.7 Å². The molecule has 4 saturated heterocycles. The molecule has 0 radical (unpaired) electrons. The molecule has 4 fully saturated rings. The van der Waals surface area contributed by atoms with Gasteiger partial charge < -0.3 is 20.1 Å². The topological polar surface area (TPSA) is 81.9 Å². The van der Waals surface area contributed by atoms with E-state index in [1.165, 1.54) is 0 Å². The van der Waals surface area contributed by atoms with Crippen molar-refractivity contribution in [1.29, 1.82) is 0 Å². The molecule has 0 aromatic heterocycles. The lowest BCUT2D eigenvalue weighted by Gasteiger charge is -2.41. The van der Waals surface area contributed by atoms with Crippen LogP contribution in [-0.4, -0.2) is 75.2 Å². The summed E-state index contributed by atoms with van der Waals surface area (Å²) < 4.78 is 12.5. The molecule has 0 aliphatic carbocycles. The van der Waals surface area contributed by atoms with Crippen molar-refractivity contribution in [2.75, 3.05) is 33.3 Å². The van der Waals surface area contributed by atoms with Crippen molar-refractivity contribution < 1.29 is 9.47 Å². The SMILES string of the molecule is C[C@H]1CCOC2C(CNN2C)C2NCCC(NC3CC(CCN3)O1)N2. The highest BCUT2D eigenvalue weighted by atomic mass is 16.5. The third-order valence-electron chi connectivity index (χ3n) is 5.93. The Morgan fingerprint density at radius 2 is 1.88 bits per heavy atom. The molecule has 4 aliphatic heterocycles. The Balaban J connectivity index is 1.48. The number of nitrogens with zero attached hydrogens (tertiary/aromatic N) is 1. The highest BCUT2D eigenvalue weighted by Crippen LogP contribution is 2.23. The van der Waals surface area contributed by atoms with Gasteiger partial charge in [-0.1, -0.05) is 0 Å². The fourth-order valence-electron chi connectivity index (χ4n) is 4.52. The highest BCUT2D eigenvalue weighted by Gasteiger charge is 2.40. The van der Waals surface area contributed by atoms with E-state index in [1.807, 2.05) is 0 Å². The lowest BCUT2D eigenvalue weighted by molar-refractivity contribution is -0.0938. The number of ether oxygens (including phenoxy) is 2. The Morgan fingerprint density at radius 1 is 1.00 bits per heavy atom. The Morgan fingerprint density at radius 3 is 2.80 bits per heavy atom. The van der Waals surface area contributed by atoms with Gasteiger partial charge in [0.25, 0.3) is 0 Å². The van der Waals surface area contributed by atoms with E-state index in [-0.39, 0.29) is 18.5 Å². The van der Waals surface area contributed by atoms with Crippen molar-refractivity contribution >= 4 is 0 Å². The molecular weight excluding hydrogens is 320 g/mol. The number of hydrogen-bond donors (Lipinski definition) is 5. The van der Waals surface area contributed by atoms with Crippen molar-refractivity contribution in [2.45, 2.75) is 69.5 Å². The van der Waals surface area contributed by atoms with Crippen molar-refractivity contribution in [1.82, 2.24) is 31.7 Å². The molecule has 4 rings (SSSR count). The van der Waals surface area contributed by atoms with E-state index in [9.17, 15) is 0 Å². The summed E-state index contributed by atoms with van der Waals surface area (Å²) >= 11 is 0. The zero-order valence-electron chi connectivity index (χ0n) is 15.5. The highest BCUT2D eigenvalue weighted by molar-refractivity contribution is 4.91. The van der Waals surface area contributed by atoms with Gasteiger partial charge in [0, 0.05) is 25.9 Å². The van der Waals surface area contributed by atoms with Crippen LogP contribution in [0.1, 0.15) is 32.6 Å². The molecule has 0 aromatic carbocycles. The number of fused-ring (bicyclic) bond motifs is 6. The molecule has 8 heteroatoms. The monoisotopic (exact) mass is 354 g/mol. The molecule has 144 valence electrons. The summed E-state index contributed by atoms with van der Waals surface area (Å²) in [6.45, 7) is 5.86. The molecule has 4 heterocycles.